The first kappa shape index (κ1) is 15.0. The highest BCUT2D eigenvalue weighted by Crippen LogP contribution is 2.26. The molecule has 110 valence electrons. The van der Waals surface area contributed by atoms with E-state index in [1.165, 1.54) is 12.1 Å². The van der Waals surface area contributed by atoms with Crippen molar-refractivity contribution in [1.82, 2.24) is 0 Å². The Morgan fingerprint density at radius 1 is 1.24 bits per heavy atom. The molecule has 0 amide bonds. The lowest BCUT2D eigenvalue weighted by atomic mass is 9.97. The summed E-state index contributed by atoms with van der Waals surface area (Å²) in [5.74, 6) is 0.525. The Kier molecular flexibility index (Phi) is 4.23. The van der Waals surface area contributed by atoms with Crippen molar-refractivity contribution in [3.8, 4) is 5.75 Å². The number of nitrogens with zero attached hydrogens (tertiary/aromatic N) is 1. The van der Waals surface area contributed by atoms with Crippen LogP contribution < -0.4 is 4.74 Å². The molecule has 2 rings (SSSR count). The van der Waals surface area contributed by atoms with Crippen molar-refractivity contribution < 1.29 is 14.8 Å². The van der Waals surface area contributed by atoms with Gasteiger partial charge < -0.3 is 9.84 Å². The van der Waals surface area contributed by atoms with Gasteiger partial charge in [0.05, 0.1) is 4.92 Å². The van der Waals surface area contributed by atoms with Crippen LogP contribution in [-0.4, -0.2) is 16.6 Å². The van der Waals surface area contributed by atoms with E-state index in [-0.39, 0.29) is 12.3 Å². The lowest BCUT2D eigenvalue weighted by Gasteiger charge is -2.24. The van der Waals surface area contributed by atoms with Gasteiger partial charge in [0.2, 0.25) is 0 Å². The van der Waals surface area contributed by atoms with Crippen LogP contribution in [0, 0.1) is 17.0 Å². The van der Waals surface area contributed by atoms with E-state index >= 15 is 0 Å². The molecular weight excluding hydrogens is 270 g/mol. The maximum Gasteiger partial charge on any atom is 0.269 e. The predicted molar refractivity (Wildman–Crippen MR) is 79.3 cm³/mol. The molecule has 0 radical (unpaired) electrons. The zero-order valence-corrected chi connectivity index (χ0v) is 11.9. The normalized spacial score (nSPS) is 13.5. The van der Waals surface area contributed by atoms with Crippen LogP contribution in [0.4, 0.5) is 5.69 Å². The summed E-state index contributed by atoms with van der Waals surface area (Å²) in [6.07, 6.45) is 0. The van der Waals surface area contributed by atoms with Crippen LogP contribution in [0.25, 0.3) is 0 Å². The average Bonchev–Trinajstić information content (AvgIpc) is 2.46. The number of aliphatic hydroxyl groups is 1. The number of rotatable bonds is 5. The molecule has 0 heterocycles. The van der Waals surface area contributed by atoms with E-state index in [1.54, 1.807) is 19.9 Å². The summed E-state index contributed by atoms with van der Waals surface area (Å²) in [6.45, 7) is 3.47. The van der Waals surface area contributed by atoms with Crippen molar-refractivity contribution in [2.75, 3.05) is 6.61 Å². The number of hydrogen-bond acceptors (Lipinski definition) is 4. The second-order valence-corrected chi connectivity index (χ2v) is 5.14. The minimum absolute atomic E-state index is 0.0228. The zero-order valence-electron chi connectivity index (χ0n) is 11.9. The summed E-state index contributed by atoms with van der Waals surface area (Å²) >= 11 is 0. The molecule has 2 aromatic rings. The van der Waals surface area contributed by atoms with Crippen LogP contribution >= 0.6 is 0 Å². The molecule has 0 aromatic heterocycles. The highest BCUT2D eigenvalue weighted by atomic mass is 16.6. The molecule has 0 saturated carbocycles. The third-order valence-electron chi connectivity index (χ3n) is 3.27. The van der Waals surface area contributed by atoms with E-state index < -0.39 is 10.5 Å². The van der Waals surface area contributed by atoms with Gasteiger partial charge in [0.25, 0.3) is 5.69 Å². The van der Waals surface area contributed by atoms with Gasteiger partial charge in [-0.05, 0) is 31.0 Å². The second-order valence-electron chi connectivity index (χ2n) is 5.14. The van der Waals surface area contributed by atoms with Gasteiger partial charge in [0.1, 0.15) is 18.0 Å². The molecule has 0 bridgehead atoms. The van der Waals surface area contributed by atoms with Gasteiger partial charge in [-0.1, -0.05) is 30.3 Å². The molecule has 21 heavy (non-hydrogen) atoms. The van der Waals surface area contributed by atoms with Gasteiger partial charge >= 0.3 is 0 Å². The molecule has 5 nitrogen and oxygen atoms in total. The van der Waals surface area contributed by atoms with Crippen LogP contribution in [0.5, 0.6) is 5.75 Å². The summed E-state index contributed by atoms with van der Waals surface area (Å²) in [5.41, 5.74) is 0.308. The van der Waals surface area contributed by atoms with Gasteiger partial charge in [-0.3, -0.25) is 10.1 Å². The van der Waals surface area contributed by atoms with Gasteiger partial charge in [-0.15, -0.1) is 0 Å². The van der Waals surface area contributed by atoms with Gasteiger partial charge in [0.15, 0.2) is 0 Å². The van der Waals surface area contributed by atoms with Crippen molar-refractivity contribution in [2.24, 2.45) is 0 Å². The number of non-ortho nitro benzene ring substituents is 1. The van der Waals surface area contributed by atoms with Crippen LogP contribution in [0.1, 0.15) is 18.1 Å². The largest absolute Gasteiger partial charge is 0.490 e. The number of aryl methyl sites for hydroxylation is 1. The average molecular weight is 287 g/mol. The highest BCUT2D eigenvalue weighted by molar-refractivity contribution is 5.43. The summed E-state index contributed by atoms with van der Waals surface area (Å²) in [6, 6.07) is 13.6. The topological polar surface area (TPSA) is 72.6 Å². The maximum absolute atomic E-state index is 10.7. The summed E-state index contributed by atoms with van der Waals surface area (Å²) in [7, 11) is 0. The zero-order chi connectivity index (χ0) is 15.5. The van der Waals surface area contributed by atoms with Crippen molar-refractivity contribution in [3.63, 3.8) is 0 Å². The lowest BCUT2D eigenvalue weighted by molar-refractivity contribution is -0.384. The minimum Gasteiger partial charge on any atom is -0.490 e. The number of benzene rings is 2. The van der Waals surface area contributed by atoms with Crippen LogP contribution in [0.3, 0.4) is 0 Å². The molecule has 1 unspecified atom stereocenters. The monoisotopic (exact) mass is 287 g/mol. The standard InChI is InChI=1S/C16H17NO4/c1-12-10-14(17(19)20)8-9-15(12)21-11-16(2,18)13-6-4-3-5-7-13/h3-10,18H,11H2,1-2H3. The van der Waals surface area contributed by atoms with E-state index in [2.05, 4.69) is 0 Å². The van der Waals surface area contributed by atoms with Crippen LogP contribution in [-0.2, 0) is 5.60 Å². The van der Waals surface area contributed by atoms with Crippen molar-refractivity contribution in [1.29, 1.82) is 0 Å². The number of nitro groups is 1. The van der Waals surface area contributed by atoms with E-state index in [0.29, 0.717) is 11.3 Å². The predicted octanol–water partition coefficient (Wildman–Crippen LogP) is 3.19. The third-order valence-corrected chi connectivity index (χ3v) is 3.27. The summed E-state index contributed by atoms with van der Waals surface area (Å²) < 4.78 is 5.62. The lowest BCUT2D eigenvalue weighted by Crippen LogP contribution is -2.29. The fourth-order valence-corrected chi connectivity index (χ4v) is 2.01. The molecule has 0 aliphatic carbocycles. The van der Waals surface area contributed by atoms with Crippen molar-refractivity contribution in [3.05, 3.63) is 69.8 Å². The SMILES string of the molecule is Cc1cc([N+](=O)[O-])ccc1OCC(C)(O)c1ccccc1. The molecule has 2 aromatic carbocycles. The highest BCUT2D eigenvalue weighted by Gasteiger charge is 2.24. The summed E-state index contributed by atoms with van der Waals surface area (Å²) in [4.78, 5) is 10.2. The van der Waals surface area contributed by atoms with E-state index in [1.807, 2.05) is 30.3 Å². The molecule has 0 aliphatic rings. The van der Waals surface area contributed by atoms with Crippen molar-refractivity contribution >= 4 is 5.69 Å². The Hall–Kier alpha value is -2.40. The van der Waals surface area contributed by atoms with Crippen LogP contribution in [0.2, 0.25) is 0 Å². The molecule has 0 spiro atoms. The van der Waals surface area contributed by atoms with Gasteiger partial charge in [-0.2, -0.15) is 0 Å². The molecule has 5 heteroatoms. The fraction of sp³-hybridized carbons (Fsp3) is 0.250. The first-order valence-corrected chi connectivity index (χ1v) is 6.56. The molecule has 0 aliphatic heterocycles. The van der Waals surface area contributed by atoms with Crippen LogP contribution in [0.15, 0.2) is 48.5 Å². The molecule has 1 atom stereocenters. The van der Waals surface area contributed by atoms with E-state index in [4.69, 9.17) is 4.74 Å². The fourth-order valence-electron chi connectivity index (χ4n) is 2.01. The first-order valence-electron chi connectivity index (χ1n) is 6.56. The Labute approximate surface area is 123 Å². The molecule has 1 N–H and O–H groups in total. The smallest absolute Gasteiger partial charge is 0.269 e. The van der Waals surface area contributed by atoms with Crippen molar-refractivity contribution in [2.45, 2.75) is 19.4 Å². The van der Waals surface area contributed by atoms with E-state index in [9.17, 15) is 15.2 Å². The maximum atomic E-state index is 10.7. The van der Waals surface area contributed by atoms with Gasteiger partial charge in [-0.25, -0.2) is 0 Å². The number of hydrogen-bond donors (Lipinski definition) is 1. The molecule has 0 saturated heterocycles. The Morgan fingerprint density at radius 2 is 1.90 bits per heavy atom. The third kappa shape index (κ3) is 3.58. The van der Waals surface area contributed by atoms with E-state index in [0.717, 1.165) is 5.56 Å². The number of nitro benzene ring substituents is 1. The minimum atomic E-state index is -1.13. The molecular formula is C16H17NO4. The number of ether oxygens (including phenoxy) is 1. The molecule has 0 fully saturated rings. The quantitative estimate of drug-likeness (QED) is 0.677. The summed E-state index contributed by atoms with van der Waals surface area (Å²) in [5, 5.41) is 21.1. The Bertz CT molecular complexity index is 638. The second kappa shape index (κ2) is 5.93. The van der Waals surface area contributed by atoms with Gasteiger partial charge in [0, 0.05) is 12.1 Å². The first-order chi connectivity index (χ1) is 9.90. The Morgan fingerprint density at radius 3 is 2.48 bits per heavy atom. The Balaban J connectivity index is 2.11.